The smallest absolute Gasteiger partial charge is 0.339 e. The summed E-state index contributed by atoms with van der Waals surface area (Å²) >= 11 is 0. The maximum Gasteiger partial charge on any atom is 0.339 e. The number of carbonyl (C=O) groups excluding carboxylic acids is 2. The third-order valence-corrected chi connectivity index (χ3v) is 4.44. The molecule has 0 aliphatic heterocycles. The molecule has 3 aromatic rings. The summed E-state index contributed by atoms with van der Waals surface area (Å²) in [7, 11) is 1.32. The normalized spacial score (nSPS) is 13.2. The van der Waals surface area contributed by atoms with Crippen LogP contribution in [0.5, 0.6) is 0 Å². The van der Waals surface area contributed by atoms with Gasteiger partial charge >= 0.3 is 5.97 Å². The van der Waals surface area contributed by atoms with Gasteiger partial charge in [0.15, 0.2) is 5.82 Å². The van der Waals surface area contributed by atoms with Crippen molar-refractivity contribution >= 4 is 11.9 Å². The zero-order chi connectivity index (χ0) is 19.5. The Bertz CT molecular complexity index is 992. The lowest BCUT2D eigenvalue weighted by Gasteiger charge is -2.05. The molecule has 1 saturated carbocycles. The largest absolute Gasteiger partial charge is 0.465 e. The highest BCUT2D eigenvalue weighted by Crippen LogP contribution is 2.38. The van der Waals surface area contributed by atoms with Crippen molar-refractivity contribution in [1.29, 1.82) is 0 Å². The molecule has 0 unspecified atom stereocenters. The summed E-state index contributed by atoms with van der Waals surface area (Å²) in [5, 5.41) is 6.66. The molecule has 1 N–H and O–H groups in total. The Morgan fingerprint density at radius 3 is 2.54 bits per heavy atom. The Morgan fingerprint density at radius 1 is 1.14 bits per heavy atom. The number of rotatable bonds is 6. The molecule has 0 atom stereocenters. The van der Waals surface area contributed by atoms with E-state index in [1.165, 1.54) is 13.3 Å². The third-order valence-electron chi connectivity index (χ3n) is 4.44. The molecular weight excluding hydrogens is 360 g/mol. The Hall–Kier alpha value is -3.55. The van der Waals surface area contributed by atoms with E-state index < -0.39 is 5.97 Å². The molecular formula is C20H18N4O4. The lowest BCUT2D eigenvalue weighted by Crippen LogP contribution is -2.23. The predicted molar refractivity (Wildman–Crippen MR) is 98.5 cm³/mol. The highest BCUT2D eigenvalue weighted by Gasteiger charge is 2.29. The zero-order valence-electron chi connectivity index (χ0n) is 15.2. The van der Waals surface area contributed by atoms with Gasteiger partial charge in [-0.25, -0.2) is 4.79 Å². The van der Waals surface area contributed by atoms with Crippen LogP contribution < -0.4 is 5.32 Å². The molecule has 0 bridgehead atoms. The molecule has 8 nitrogen and oxygen atoms in total. The topological polar surface area (TPSA) is 107 Å². The zero-order valence-corrected chi connectivity index (χ0v) is 15.2. The third kappa shape index (κ3) is 3.90. The van der Waals surface area contributed by atoms with Crippen LogP contribution in [-0.4, -0.2) is 34.1 Å². The molecule has 1 aliphatic carbocycles. The Balaban J connectivity index is 1.37. The van der Waals surface area contributed by atoms with Gasteiger partial charge in [-0.3, -0.25) is 9.78 Å². The van der Waals surface area contributed by atoms with Crippen LogP contribution in [-0.2, 0) is 11.3 Å². The van der Waals surface area contributed by atoms with Crippen molar-refractivity contribution in [2.45, 2.75) is 25.3 Å². The summed E-state index contributed by atoms with van der Waals surface area (Å²) in [4.78, 5) is 32.3. The van der Waals surface area contributed by atoms with Crippen LogP contribution in [0.25, 0.3) is 11.3 Å². The molecule has 1 aromatic carbocycles. The first-order chi connectivity index (χ1) is 13.6. The summed E-state index contributed by atoms with van der Waals surface area (Å²) in [5.41, 5.74) is 2.42. The molecule has 28 heavy (non-hydrogen) atoms. The minimum atomic E-state index is -0.433. The number of carbonyl (C=O) groups is 2. The minimum absolute atomic E-state index is 0.216. The summed E-state index contributed by atoms with van der Waals surface area (Å²) in [6, 6.07) is 10.4. The molecule has 1 fully saturated rings. The number of esters is 1. The second kappa shape index (κ2) is 7.59. The molecule has 1 amide bonds. The minimum Gasteiger partial charge on any atom is -0.465 e. The van der Waals surface area contributed by atoms with Gasteiger partial charge in [0.2, 0.25) is 5.89 Å². The molecule has 142 valence electrons. The summed E-state index contributed by atoms with van der Waals surface area (Å²) in [5.74, 6) is 0.858. The number of methoxy groups -OCH3 is 1. The molecule has 0 spiro atoms. The predicted octanol–water partition coefficient (Wildman–Crippen LogP) is 2.73. The molecule has 2 aromatic heterocycles. The number of amides is 1. The number of ether oxygens (including phenoxy) is 1. The molecule has 2 heterocycles. The van der Waals surface area contributed by atoms with Crippen LogP contribution in [0.2, 0.25) is 0 Å². The molecule has 0 radical (unpaired) electrons. The fourth-order valence-electron chi connectivity index (χ4n) is 2.69. The van der Waals surface area contributed by atoms with E-state index in [2.05, 4.69) is 25.2 Å². The Kier molecular flexibility index (Phi) is 4.84. The average molecular weight is 378 g/mol. The first-order valence-corrected chi connectivity index (χ1v) is 8.89. The van der Waals surface area contributed by atoms with Gasteiger partial charge in [0.05, 0.1) is 24.9 Å². The highest BCUT2D eigenvalue weighted by molar-refractivity contribution is 5.94. The van der Waals surface area contributed by atoms with Gasteiger partial charge in [-0.05, 0) is 37.1 Å². The average Bonchev–Trinajstić information content (AvgIpc) is 3.49. The van der Waals surface area contributed by atoms with Crippen molar-refractivity contribution in [1.82, 2.24) is 20.4 Å². The first kappa shape index (κ1) is 17.8. The SMILES string of the molecule is COC(=O)c1ccc(-c2ccc(C(=O)NCc3noc(C4CC4)n3)cc2)nc1. The number of hydrogen-bond acceptors (Lipinski definition) is 7. The van der Waals surface area contributed by atoms with Gasteiger partial charge in [0.1, 0.15) is 0 Å². The van der Waals surface area contributed by atoms with Gasteiger partial charge in [-0.15, -0.1) is 0 Å². The first-order valence-electron chi connectivity index (χ1n) is 8.89. The van der Waals surface area contributed by atoms with Crippen LogP contribution >= 0.6 is 0 Å². The lowest BCUT2D eigenvalue weighted by molar-refractivity contribution is 0.0600. The van der Waals surface area contributed by atoms with Gasteiger partial charge in [0.25, 0.3) is 5.91 Å². The number of benzene rings is 1. The van der Waals surface area contributed by atoms with Crippen LogP contribution in [0.4, 0.5) is 0 Å². The summed E-state index contributed by atoms with van der Waals surface area (Å²) in [6.45, 7) is 0.216. The number of aromatic nitrogens is 3. The fourth-order valence-corrected chi connectivity index (χ4v) is 2.69. The van der Waals surface area contributed by atoms with Crippen LogP contribution in [0.3, 0.4) is 0 Å². The van der Waals surface area contributed by atoms with Crippen molar-refractivity contribution < 1.29 is 18.8 Å². The number of pyridine rings is 1. The van der Waals surface area contributed by atoms with Crippen molar-refractivity contribution in [3.63, 3.8) is 0 Å². The van der Waals surface area contributed by atoms with Crippen LogP contribution in [0.15, 0.2) is 47.1 Å². The van der Waals surface area contributed by atoms with E-state index in [9.17, 15) is 9.59 Å². The molecule has 4 rings (SSSR count). The van der Waals surface area contributed by atoms with Crippen LogP contribution in [0, 0.1) is 0 Å². The number of nitrogens with one attached hydrogen (secondary N) is 1. The van der Waals surface area contributed by atoms with E-state index >= 15 is 0 Å². The van der Waals surface area contributed by atoms with Gasteiger partial charge < -0.3 is 14.6 Å². The number of hydrogen-bond donors (Lipinski definition) is 1. The van der Waals surface area contributed by atoms with Gasteiger partial charge in [-0.1, -0.05) is 17.3 Å². The van der Waals surface area contributed by atoms with Gasteiger partial charge in [-0.2, -0.15) is 4.98 Å². The molecule has 1 aliphatic rings. The van der Waals surface area contributed by atoms with E-state index in [0.717, 1.165) is 18.4 Å². The van der Waals surface area contributed by atoms with E-state index in [0.29, 0.717) is 34.5 Å². The molecule has 0 saturated heterocycles. The fraction of sp³-hybridized carbons (Fsp3) is 0.250. The molecule has 8 heteroatoms. The standard InChI is InChI=1S/C20H18N4O4/c1-27-20(26)15-8-9-16(21-10-15)12-2-4-13(5-3-12)18(25)22-11-17-23-19(28-24-17)14-6-7-14/h2-5,8-10,14H,6-7,11H2,1H3,(H,22,25). The summed E-state index contributed by atoms with van der Waals surface area (Å²) in [6.07, 6.45) is 3.63. The van der Waals surface area contributed by atoms with E-state index in [4.69, 9.17) is 4.52 Å². The summed E-state index contributed by atoms with van der Waals surface area (Å²) < 4.78 is 9.83. The van der Waals surface area contributed by atoms with E-state index in [1.54, 1.807) is 36.4 Å². The van der Waals surface area contributed by atoms with Crippen molar-refractivity contribution in [3.8, 4) is 11.3 Å². The second-order valence-corrected chi connectivity index (χ2v) is 6.51. The monoisotopic (exact) mass is 378 g/mol. The highest BCUT2D eigenvalue weighted by atomic mass is 16.5. The van der Waals surface area contributed by atoms with Crippen LogP contribution in [0.1, 0.15) is 51.2 Å². The maximum atomic E-state index is 12.3. The quantitative estimate of drug-likeness (QED) is 0.657. The van der Waals surface area contributed by atoms with Gasteiger partial charge in [0, 0.05) is 23.2 Å². The van der Waals surface area contributed by atoms with E-state index in [-0.39, 0.29) is 12.5 Å². The lowest BCUT2D eigenvalue weighted by atomic mass is 10.1. The Morgan fingerprint density at radius 2 is 1.89 bits per heavy atom. The van der Waals surface area contributed by atoms with Crippen molar-refractivity contribution in [3.05, 3.63) is 65.4 Å². The number of nitrogens with zero attached hydrogens (tertiary/aromatic N) is 3. The Labute approximate surface area is 160 Å². The van der Waals surface area contributed by atoms with Crippen molar-refractivity contribution in [2.24, 2.45) is 0 Å². The van der Waals surface area contributed by atoms with Crippen molar-refractivity contribution in [2.75, 3.05) is 7.11 Å². The maximum absolute atomic E-state index is 12.3. The van der Waals surface area contributed by atoms with E-state index in [1.807, 2.05) is 0 Å². The second-order valence-electron chi connectivity index (χ2n) is 6.51.